The number of fused-ring (bicyclic) bond motifs is 1. The zero-order valence-electron chi connectivity index (χ0n) is 16.8. The van der Waals surface area contributed by atoms with E-state index in [4.69, 9.17) is 14.2 Å². The average molecular weight is 415 g/mol. The first-order chi connectivity index (χ1) is 14.5. The van der Waals surface area contributed by atoms with Crippen LogP contribution < -0.4 is 5.32 Å². The van der Waals surface area contributed by atoms with E-state index in [1.54, 1.807) is 24.3 Å². The van der Waals surface area contributed by atoms with Crippen LogP contribution in [-0.4, -0.2) is 43.1 Å². The van der Waals surface area contributed by atoms with Crippen LogP contribution in [0.15, 0.2) is 24.3 Å². The van der Waals surface area contributed by atoms with Gasteiger partial charge in [-0.3, -0.25) is 14.4 Å². The van der Waals surface area contributed by atoms with Gasteiger partial charge in [-0.2, -0.15) is 0 Å². The summed E-state index contributed by atoms with van der Waals surface area (Å²) in [6, 6.07) is 6.29. The lowest BCUT2D eigenvalue weighted by Gasteiger charge is -2.22. The van der Waals surface area contributed by atoms with Gasteiger partial charge in [0.25, 0.3) is 5.91 Å². The molecule has 2 saturated carbocycles. The van der Waals surface area contributed by atoms with Crippen molar-refractivity contribution in [1.29, 1.82) is 0 Å². The number of carbonyl (C=O) groups is 4. The SMILES string of the molecule is CCCCOC(=O)c1ccc(NC(=O)COC(=O)[C@H]2[C@@H]3C[C@H]4[C@@H]2C(=O)O[C@@H]4C3)cc1. The van der Waals surface area contributed by atoms with Crippen molar-refractivity contribution >= 4 is 29.5 Å². The molecule has 3 fully saturated rings. The Balaban J connectivity index is 1.25. The van der Waals surface area contributed by atoms with Crippen molar-refractivity contribution in [2.75, 3.05) is 18.5 Å². The maximum atomic E-state index is 12.5. The highest BCUT2D eigenvalue weighted by molar-refractivity contribution is 5.95. The lowest BCUT2D eigenvalue weighted by atomic mass is 9.80. The van der Waals surface area contributed by atoms with Crippen molar-refractivity contribution in [3.8, 4) is 0 Å². The number of benzene rings is 1. The summed E-state index contributed by atoms with van der Waals surface area (Å²) in [5, 5.41) is 2.62. The molecule has 1 aromatic rings. The van der Waals surface area contributed by atoms with E-state index in [1.807, 2.05) is 6.92 Å². The van der Waals surface area contributed by atoms with Crippen LogP contribution in [0.1, 0.15) is 43.0 Å². The fourth-order valence-corrected chi connectivity index (χ4v) is 4.84. The molecule has 0 spiro atoms. The molecule has 1 amide bonds. The second kappa shape index (κ2) is 8.45. The average Bonchev–Trinajstić information content (AvgIpc) is 3.35. The Hall–Kier alpha value is -2.90. The molecule has 2 aliphatic carbocycles. The molecule has 5 atom stereocenters. The number of amides is 1. The smallest absolute Gasteiger partial charge is 0.338 e. The molecule has 8 heteroatoms. The van der Waals surface area contributed by atoms with E-state index >= 15 is 0 Å². The standard InChI is InChI=1S/C22H25NO7/c1-2-3-8-28-20(25)12-4-6-14(7-5-12)23-17(24)11-29-21(26)18-13-9-15-16(10-13)30-22(27)19(15)18/h4-7,13,15-16,18-19H,2-3,8-11H2,1H3,(H,23,24)/t13-,15-,16-,18+,19+/m1/s1. The zero-order chi connectivity index (χ0) is 21.3. The molecular formula is C22H25NO7. The molecule has 0 radical (unpaired) electrons. The Kier molecular flexibility index (Phi) is 5.74. The third-order valence-corrected chi connectivity index (χ3v) is 6.24. The molecule has 2 bridgehead atoms. The normalized spacial score (nSPS) is 28.2. The summed E-state index contributed by atoms with van der Waals surface area (Å²) in [7, 11) is 0. The number of carbonyl (C=O) groups excluding carboxylic acids is 4. The number of unbranched alkanes of at least 4 members (excludes halogenated alkanes) is 1. The lowest BCUT2D eigenvalue weighted by Crippen LogP contribution is -2.34. The molecule has 3 aliphatic rings. The topological polar surface area (TPSA) is 108 Å². The van der Waals surface area contributed by atoms with Gasteiger partial charge in [-0.25, -0.2) is 4.79 Å². The Morgan fingerprint density at radius 3 is 2.63 bits per heavy atom. The lowest BCUT2D eigenvalue weighted by molar-refractivity contribution is -0.157. The number of esters is 3. The minimum Gasteiger partial charge on any atom is -0.462 e. The predicted octanol–water partition coefficient (Wildman–Crippen LogP) is 2.32. The number of hydrogen-bond donors (Lipinski definition) is 1. The summed E-state index contributed by atoms with van der Waals surface area (Å²) in [5.74, 6) is -2.45. The molecule has 1 N–H and O–H groups in total. The van der Waals surface area contributed by atoms with Gasteiger partial charge in [-0.1, -0.05) is 13.3 Å². The summed E-state index contributed by atoms with van der Waals surface area (Å²) in [6.07, 6.45) is 3.21. The summed E-state index contributed by atoms with van der Waals surface area (Å²) in [6.45, 7) is 1.96. The molecule has 30 heavy (non-hydrogen) atoms. The number of hydrogen-bond acceptors (Lipinski definition) is 7. The van der Waals surface area contributed by atoms with Gasteiger partial charge in [0.2, 0.25) is 0 Å². The summed E-state index contributed by atoms with van der Waals surface area (Å²) in [4.78, 5) is 48.5. The molecule has 1 saturated heterocycles. The Bertz CT molecular complexity index is 848. The Labute approximate surface area is 174 Å². The van der Waals surface area contributed by atoms with E-state index in [1.165, 1.54) is 0 Å². The Morgan fingerprint density at radius 2 is 1.90 bits per heavy atom. The van der Waals surface area contributed by atoms with Gasteiger partial charge in [0, 0.05) is 11.6 Å². The van der Waals surface area contributed by atoms with E-state index in [0.29, 0.717) is 24.3 Å². The minimum atomic E-state index is -0.509. The van der Waals surface area contributed by atoms with E-state index in [2.05, 4.69) is 5.32 Å². The predicted molar refractivity (Wildman–Crippen MR) is 104 cm³/mol. The van der Waals surface area contributed by atoms with Crippen LogP contribution in [0.3, 0.4) is 0 Å². The maximum absolute atomic E-state index is 12.5. The molecule has 0 aromatic heterocycles. The van der Waals surface area contributed by atoms with E-state index in [-0.39, 0.29) is 23.9 Å². The second-order valence-electron chi connectivity index (χ2n) is 8.14. The van der Waals surface area contributed by atoms with E-state index < -0.39 is 36.3 Å². The first-order valence-corrected chi connectivity index (χ1v) is 10.4. The second-order valence-corrected chi connectivity index (χ2v) is 8.14. The van der Waals surface area contributed by atoms with Crippen LogP contribution in [0.25, 0.3) is 0 Å². The van der Waals surface area contributed by atoms with Gasteiger partial charge in [-0.15, -0.1) is 0 Å². The van der Waals surface area contributed by atoms with Crippen LogP contribution in [0.5, 0.6) is 0 Å². The van der Waals surface area contributed by atoms with Crippen LogP contribution in [-0.2, 0) is 28.6 Å². The fourth-order valence-electron chi connectivity index (χ4n) is 4.84. The van der Waals surface area contributed by atoms with Gasteiger partial charge in [0.05, 0.1) is 24.0 Å². The molecule has 8 nitrogen and oxygen atoms in total. The highest BCUT2D eigenvalue weighted by Crippen LogP contribution is 2.57. The van der Waals surface area contributed by atoms with Crippen molar-refractivity contribution in [3.05, 3.63) is 29.8 Å². The van der Waals surface area contributed by atoms with Crippen LogP contribution >= 0.6 is 0 Å². The highest BCUT2D eigenvalue weighted by atomic mass is 16.6. The van der Waals surface area contributed by atoms with Gasteiger partial charge in [0.15, 0.2) is 6.61 Å². The molecule has 4 rings (SSSR count). The third-order valence-electron chi connectivity index (χ3n) is 6.24. The molecule has 0 unspecified atom stereocenters. The quantitative estimate of drug-likeness (QED) is 0.394. The van der Waals surface area contributed by atoms with Gasteiger partial charge in [-0.05, 0) is 49.4 Å². The number of nitrogens with one attached hydrogen (secondary N) is 1. The summed E-state index contributed by atoms with van der Waals surface area (Å²) < 4.78 is 15.7. The molecule has 160 valence electrons. The monoisotopic (exact) mass is 415 g/mol. The zero-order valence-corrected chi connectivity index (χ0v) is 16.8. The van der Waals surface area contributed by atoms with Crippen molar-refractivity contribution in [1.82, 2.24) is 0 Å². The molecule has 1 aliphatic heterocycles. The van der Waals surface area contributed by atoms with Gasteiger partial charge in [0.1, 0.15) is 6.10 Å². The minimum absolute atomic E-state index is 0.0493. The summed E-state index contributed by atoms with van der Waals surface area (Å²) >= 11 is 0. The van der Waals surface area contributed by atoms with E-state index in [9.17, 15) is 19.2 Å². The molecule has 1 aromatic carbocycles. The number of ether oxygens (including phenoxy) is 3. The largest absolute Gasteiger partial charge is 0.462 e. The first-order valence-electron chi connectivity index (χ1n) is 10.4. The van der Waals surface area contributed by atoms with E-state index in [0.717, 1.165) is 19.3 Å². The van der Waals surface area contributed by atoms with Crippen molar-refractivity contribution in [2.45, 2.75) is 38.7 Å². The van der Waals surface area contributed by atoms with Gasteiger partial charge < -0.3 is 19.5 Å². The highest BCUT2D eigenvalue weighted by Gasteiger charge is 2.64. The number of anilines is 1. The number of rotatable bonds is 8. The fraction of sp³-hybridized carbons (Fsp3) is 0.545. The van der Waals surface area contributed by atoms with Crippen LogP contribution in [0.2, 0.25) is 0 Å². The Morgan fingerprint density at radius 1 is 1.13 bits per heavy atom. The van der Waals surface area contributed by atoms with Crippen molar-refractivity contribution in [2.24, 2.45) is 23.7 Å². The van der Waals surface area contributed by atoms with Crippen molar-refractivity contribution in [3.63, 3.8) is 0 Å². The third kappa shape index (κ3) is 3.91. The van der Waals surface area contributed by atoms with Crippen LogP contribution in [0.4, 0.5) is 5.69 Å². The molecular weight excluding hydrogens is 390 g/mol. The maximum Gasteiger partial charge on any atom is 0.338 e. The van der Waals surface area contributed by atoms with Crippen LogP contribution in [0, 0.1) is 23.7 Å². The van der Waals surface area contributed by atoms with Crippen molar-refractivity contribution < 1.29 is 33.4 Å². The first kappa shape index (κ1) is 20.4. The summed E-state index contributed by atoms with van der Waals surface area (Å²) in [5.41, 5.74) is 0.872. The molecule has 1 heterocycles. The van der Waals surface area contributed by atoms with Gasteiger partial charge >= 0.3 is 17.9 Å².